The Kier molecular flexibility index (Phi) is 3.72. The molecule has 0 saturated carbocycles. The van der Waals surface area contributed by atoms with Crippen LogP contribution in [0, 0.1) is 0 Å². The number of rotatable bonds is 3. The Labute approximate surface area is 81.1 Å². The van der Waals surface area contributed by atoms with Gasteiger partial charge in [0.25, 0.3) is 0 Å². The van der Waals surface area contributed by atoms with Crippen LogP contribution in [0.15, 0.2) is 30.3 Å². The van der Waals surface area contributed by atoms with Crippen LogP contribution >= 0.6 is 10.1 Å². The molecule has 2 heteroatoms. The summed E-state index contributed by atoms with van der Waals surface area (Å²) in [5.41, 5.74) is 1.46. The molecule has 0 bridgehead atoms. The molecule has 0 aliphatic heterocycles. The average molecular weight is 241 g/mol. The van der Waals surface area contributed by atoms with E-state index in [-0.39, 0.29) is 0 Å². The molecule has 1 rings (SSSR count). The molecule has 0 spiro atoms. The van der Waals surface area contributed by atoms with Gasteiger partial charge in [0.15, 0.2) is 0 Å². The maximum atomic E-state index is 2.44. The van der Waals surface area contributed by atoms with Gasteiger partial charge in [-0.05, 0) is 0 Å². The molecule has 66 valence electrons. The molecule has 0 aromatic heterocycles. The van der Waals surface area contributed by atoms with Crippen molar-refractivity contribution in [3.63, 3.8) is 0 Å². The molecule has 1 aromatic rings. The van der Waals surface area contributed by atoms with E-state index in [0.717, 1.165) is 0 Å². The van der Waals surface area contributed by atoms with Crippen molar-refractivity contribution in [2.75, 3.05) is 0 Å². The molecule has 0 fully saturated rings. The quantitative estimate of drug-likeness (QED) is 0.726. The molecule has 0 radical (unpaired) electrons. The fourth-order valence-electron chi connectivity index (χ4n) is 0.874. The molecule has 0 aliphatic rings. The monoisotopic (exact) mass is 242 g/mol. The van der Waals surface area contributed by atoms with Gasteiger partial charge in [-0.15, -0.1) is 0 Å². The van der Waals surface area contributed by atoms with Gasteiger partial charge in [0, 0.05) is 0 Å². The van der Waals surface area contributed by atoms with Gasteiger partial charge in [-0.25, -0.2) is 0 Å². The molecular weight excluding hydrogens is 225 g/mol. The van der Waals surface area contributed by atoms with Crippen LogP contribution in [-0.4, -0.2) is 12.1 Å². The van der Waals surface area contributed by atoms with Crippen molar-refractivity contribution in [3.8, 4) is 0 Å². The van der Waals surface area contributed by atoms with Gasteiger partial charge in [-0.1, -0.05) is 0 Å². The van der Waals surface area contributed by atoms with E-state index in [1.165, 1.54) is 11.3 Å². The molecular formula is C10H16GeS. The van der Waals surface area contributed by atoms with E-state index in [0.29, 0.717) is 0 Å². The summed E-state index contributed by atoms with van der Waals surface area (Å²) in [5, 5.41) is 0. The average Bonchev–Trinajstić information content (AvgIpc) is 2.02. The Morgan fingerprint density at radius 1 is 1.08 bits per heavy atom. The predicted octanol–water partition coefficient (Wildman–Crippen LogP) is 3.75. The Morgan fingerprint density at radius 2 is 1.67 bits per heavy atom. The first kappa shape index (κ1) is 10.2. The third kappa shape index (κ3) is 4.22. The Bertz CT molecular complexity index is 225. The van der Waals surface area contributed by atoms with Gasteiger partial charge < -0.3 is 0 Å². The first-order chi connectivity index (χ1) is 5.58. The number of hydrogen-bond acceptors (Lipinski definition) is 1. The summed E-state index contributed by atoms with van der Waals surface area (Å²) < 4.78 is 0. The molecule has 1 aromatic carbocycles. The molecule has 0 amide bonds. The van der Waals surface area contributed by atoms with E-state index in [4.69, 9.17) is 0 Å². The second-order valence-corrected chi connectivity index (χ2v) is 21.5. The minimum atomic E-state index is -1.38. The second-order valence-electron chi connectivity index (χ2n) is 3.89. The third-order valence-corrected chi connectivity index (χ3v) is 9.22. The van der Waals surface area contributed by atoms with Crippen LogP contribution < -0.4 is 0 Å². The second kappa shape index (κ2) is 4.38. The van der Waals surface area contributed by atoms with Crippen LogP contribution in [0.2, 0.25) is 17.3 Å². The molecule has 12 heavy (non-hydrogen) atoms. The van der Waals surface area contributed by atoms with Gasteiger partial charge >= 0.3 is 81.1 Å². The van der Waals surface area contributed by atoms with Crippen molar-refractivity contribution in [1.29, 1.82) is 0 Å². The van der Waals surface area contributed by atoms with Crippen molar-refractivity contribution >= 4 is 22.2 Å². The predicted molar refractivity (Wildman–Crippen MR) is 61.1 cm³/mol. The van der Waals surface area contributed by atoms with Crippen molar-refractivity contribution in [2.24, 2.45) is 0 Å². The van der Waals surface area contributed by atoms with E-state index < -0.39 is 12.1 Å². The fourth-order valence-corrected chi connectivity index (χ4v) is 5.44. The third-order valence-electron chi connectivity index (χ3n) is 1.51. The Balaban J connectivity index is 2.44. The first-order valence-electron chi connectivity index (χ1n) is 4.26. The van der Waals surface area contributed by atoms with Crippen molar-refractivity contribution in [3.05, 3.63) is 35.9 Å². The molecule has 0 saturated heterocycles. The summed E-state index contributed by atoms with van der Waals surface area (Å²) in [6.07, 6.45) is 0. The normalized spacial score (nSPS) is 11.6. The molecule has 0 unspecified atom stereocenters. The topological polar surface area (TPSA) is 0 Å². The minimum absolute atomic E-state index is 1.20. The van der Waals surface area contributed by atoms with Crippen LogP contribution in [0.5, 0.6) is 0 Å². The van der Waals surface area contributed by atoms with Gasteiger partial charge in [-0.3, -0.25) is 0 Å². The van der Waals surface area contributed by atoms with E-state index in [9.17, 15) is 0 Å². The van der Waals surface area contributed by atoms with Gasteiger partial charge in [0.2, 0.25) is 0 Å². The molecule has 0 heterocycles. The number of benzene rings is 1. The van der Waals surface area contributed by atoms with Gasteiger partial charge in [-0.2, -0.15) is 0 Å². The summed E-state index contributed by atoms with van der Waals surface area (Å²) >= 11 is -1.38. The Morgan fingerprint density at radius 3 is 2.17 bits per heavy atom. The summed E-state index contributed by atoms with van der Waals surface area (Å²) in [4.78, 5) is 0. The zero-order valence-corrected chi connectivity index (χ0v) is 10.9. The SMILES string of the molecule is [CH3][Ge]([CH3])([CH3])[S]Cc1ccccc1. The van der Waals surface area contributed by atoms with Gasteiger partial charge in [0.1, 0.15) is 0 Å². The van der Waals surface area contributed by atoms with E-state index in [1.54, 1.807) is 0 Å². The summed E-state index contributed by atoms with van der Waals surface area (Å²) in [6, 6.07) is 10.7. The van der Waals surface area contributed by atoms with Crippen LogP contribution in [0.4, 0.5) is 0 Å². The summed E-state index contributed by atoms with van der Waals surface area (Å²) in [6.45, 7) is 0. The van der Waals surface area contributed by atoms with Crippen molar-refractivity contribution in [2.45, 2.75) is 23.0 Å². The van der Waals surface area contributed by atoms with Crippen molar-refractivity contribution < 1.29 is 0 Å². The fraction of sp³-hybridized carbons (Fsp3) is 0.400. The van der Waals surface area contributed by atoms with Crippen LogP contribution in [0.1, 0.15) is 5.56 Å². The van der Waals surface area contributed by atoms with Crippen LogP contribution in [-0.2, 0) is 5.75 Å². The first-order valence-corrected chi connectivity index (χ1v) is 14.1. The standard InChI is InChI=1S/C10H16GeS/c1-11(2,3)12-9-10-7-5-4-6-8-10/h4-8H,9H2,1-3H3. The molecule has 0 atom stereocenters. The summed E-state index contributed by atoms with van der Waals surface area (Å²) in [5.74, 6) is 8.51. The van der Waals surface area contributed by atoms with Crippen LogP contribution in [0.3, 0.4) is 0 Å². The van der Waals surface area contributed by atoms with E-state index >= 15 is 0 Å². The van der Waals surface area contributed by atoms with E-state index in [1.807, 2.05) is 0 Å². The maximum absolute atomic E-state index is 2.44. The van der Waals surface area contributed by atoms with Gasteiger partial charge in [0.05, 0.1) is 0 Å². The summed E-state index contributed by atoms with van der Waals surface area (Å²) in [7, 11) is 2.17. The van der Waals surface area contributed by atoms with Crippen molar-refractivity contribution in [1.82, 2.24) is 0 Å². The molecule has 0 nitrogen and oxygen atoms in total. The molecule has 0 aliphatic carbocycles. The Hall–Kier alpha value is 0.113. The zero-order valence-electron chi connectivity index (χ0n) is 8.00. The zero-order chi connectivity index (χ0) is 9.03. The molecule has 0 N–H and O–H groups in total. The van der Waals surface area contributed by atoms with E-state index in [2.05, 4.69) is 57.7 Å². The van der Waals surface area contributed by atoms with Crippen LogP contribution in [0.25, 0.3) is 0 Å². The number of hydrogen-bond donors (Lipinski definition) is 0.